The molecule has 0 atom stereocenters. The molecule has 1 amide bonds. The number of rotatable bonds is 5. The van der Waals surface area contributed by atoms with Crippen LogP contribution in [0.2, 0.25) is 10.2 Å². The van der Waals surface area contributed by atoms with Crippen molar-refractivity contribution in [3.63, 3.8) is 0 Å². The molecule has 2 heterocycles. The lowest BCUT2D eigenvalue weighted by Crippen LogP contribution is -2.27. The summed E-state index contributed by atoms with van der Waals surface area (Å²) in [6.07, 6.45) is 1.44. The lowest BCUT2D eigenvalue weighted by molar-refractivity contribution is 0.0950. The van der Waals surface area contributed by atoms with Crippen molar-refractivity contribution < 1.29 is 4.79 Å². The minimum atomic E-state index is -0.546. The number of hydrazone groups is 1. The Kier molecular flexibility index (Phi) is 6.07. The first-order valence-corrected chi connectivity index (χ1v) is 10.4. The van der Waals surface area contributed by atoms with Crippen LogP contribution >= 0.6 is 23.2 Å². The quantitative estimate of drug-likeness (QED) is 0.357. The Hall–Kier alpha value is -3.49. The van der Waals surface area contributed by atoms with Gasteiger partial charge in [0.2, 0.25) is 0 Å². The summed E-state index contributed by atoms with van der Waals surface area (Å²) in [6.45, 7) is 2.26. The van der Waals surface area contributed by atoms with Gasteiger partial charge in [0.1, 0.15) is 5.15 Å². The van der Waals surface area contributed by atoms with E-state index in [0.717, 1.165) is 10.2 Å². The summed E-state index contributed by atoms with van der Waals surface area (Å²) < 4.78 is 2.77. The number of carbonyl (C=O) groups is 1. The second-order valence-electron chi connectivity index (χ2n) is 7.10. The van der Waals surface area contributed by atoms with Gasteiger partial charge in [-0.2, -0.15) is 15.3 Å². The summed E-state index contributed by atoms with van der Waals surface area (Å²) >= 11 is 12.4. The molecule has 0 unspecified atom stereocenters. The first-order valence-electron chi connectivity index (χ1n) is 9.62. The van der Waals surface area contributed by atoms with Crippen LogP contribution in [-0.2, 0) is 13.6 Å². The Bertz CT molecular complexity index is 1410. The largest absolute Gasteiger partial charge is 0.292 e. The van der Waals surface area contributed by atoms with Crippen LogP contribution in [0.1, 0.15) is 27.3 Å². The smallest absolute Gasteiger partial charge is 0.267 e. The van der Waals surface area contributed by atoms with E-state index in [-0.39, 0.29) is 11.3 Å². The van der Waals surface area contributed by atoms with Gasteiger partial charge < -0.3 is 0 Å². The molecule has 0 aliphatic rings. The number of hydrogen-bond donors (Lipinski definition) is 1. The van der Waals surface area contributed by atoms with Crippen molar-refractivity contribution in [1.82, 2.24) is 25.0 Å². The van der Waals surface area contributed by atoms with E-state index >= 15 is 0 Å². The van der Waals surface area contributed by atoms with E-state index in [9.17, 15) is 9.59 Å². The maximum Gasteiger partial charge on any atom is 0.292 e. The van der Waals surface area contributed by atoms with Crippen molar-refractivity contribution in [2.75, 3.05) is 0 Å². The first kappa shape index (κ1) is 21.7. The molecule has 4 rings (SSSR count). The molecular weight excluding hydrogens is 451 g/mol. The van der Waals surface area contributed by atoms with Gasteiger partial charge >= 0.3 is 0 Å². The lowest BCUT2D eigenvalue weighted by Gasteiger charge is -2.06. The Balaban J connectivity index is 1.55. The van der Waals surface area contributed by atoms with E-state index in [0.29, 0.717) is 38.8 Å². The molecule has 162 valence electrons. The Morgan fingerprint density at radius 3 is 2.50 bits per heavy atom. The number of aryl methyl sites for hydroxylation is 2. The third kappa shape index (κ3) is 4.28. The molecule has 0 saturated carbocycles. The van der Waals surface area contributed by atoms with Gasteiger partial charge in [0, 0.05) is 17.5 Å². The highest BCUT2D eigenvalue weighted by Gasteiger charge is 2.16. The number of carbonyl (C=O) groups excluding carboxylic acids is 1. The lowest BCUT2D eigenvalue weighted by atomic mass is 10.1. The SMILES string of the molecule is Cc1nn(Cc2ccc(Cl)cc2)c(Cl)c1/C=N/NC(=O)c1nn(C)c(=O)c2ccccc12. The van der Waals surface area contributed by atoms with Crippen molar-refractivity contribution in [3.05, 3.63) is 91.6 Å². The van der Waals surface area contributed by atoms with Crippen LogP contribution in [0.3, 0.4) is 0 Å². The molecule has 0 spiro atoms. The number of halogens is 2. The number of aromatic nitrogens is 4. The molecule has 0 aliphatic heterocycles. The molecule has 8 nitrogen and oxygen atoms in total. The Morgan fingerprint density at radius 2 is 1.78 bits per heavy atom. The van der Waals surface area contributed by atoms with Crippen molar-refractivity contribution >= 4 is 46.1 Å². The molecule has 0 aliphatic carbocycles. The van der Waals surface area contributed by atoms with Crippen molar-refractivity contribution in [2.24, 2.45) is 12.1 Å². The van der Waals surface area contributed by atoms with Crippen LogP contribution in [-0.4, -0.2) is 31.7 Å². The molecule has 0 saturated heterocycles. The second kappa shape index (κ2) is 8.94. The third-order valence-corrected chi connectivity index (χ3v) is 5.54. The highest BCUT2D eigenvalue weighted by atomic mass is 35.5. The van der Waals surface area contributed by atoms with Gasteiger partial charge in [-0.15, -0.1) is 0 Å². The van der Waals surface area contributed by atoms with Crippen LogP contribution in [0.5, 0.6) is 0 Å². The number of benzene rings is 2. The van der Waals surface area contributed by atoms with E-state index in [1.807, 2.05) is 12.1 Å². The van der Waals surface area contributed by atoms with Gasteiger partial charge in [0.15, 0.2) is 5.69 Å². The summed E-state index contributed by atoms with van der Waals surface area (Å²) in [5.41, 5.74) is 4.50. The van der Waals surface area contributed by atoms with Gasteiger partial charge in [-0.25, -0.2) is 14.8 Å². The molecule has 32 heavy (non-hydrogen) atoms. The first-order chi connectivity index (χ1) is 15.3. The molecular formula is C22H18Cl2N6O2. The van der Waals surface area contributed by atoms with E-state index in [1.165, 1.54) is 13.3 Å². The Labute approximate surface area is 193 Å². The van der Waals surface area contributed by atoms with Gasteiger partial charge in [0.25, 0.3) is 11.5 Å². The van der Waals surface area contributed by atoms with Gasteiger partial charge in [0.05, 0.1) is 29.4 Å². The van der Waals surface area contributed by atoms with E-state index in [1.54, 1.807) is 48.0 Å². The molecule has 0 fully saturated rings. The molecule has 2 aromatic heterocycles. The molecule has 2 aromatic carbocycles. The monoisotopic (exact) mass is 468 g/mol. The zero-order valence-electron chi connectivity index (χ0n) is 17.2. The van der Waals surface area contributed by atoms with Crippen LogP contribution in [0.4, 0.5) is 0 Å². The second-order valence-corrected chi connectivity index (χ2v) is 7.89. The van der Waals surface area contributed by atoms with Gasteiger partial charge in [-0.3, -0.25) is 9.59 Å². The maximum absolute atomic E-state index is 12.7. The summed E-state index contributed by atoms with van der Waals surface area (Å²) in [5, 5.41) is 14.5. The fraction of sp³-hybridized carbons (Fsp3) is 0.136. The molecule has 0 radical (unpaired) electrons. The van der Waals surface area contributed by atoms with E-state index in [2.05, 4.69) is 20.7 Å². The van der Waals surface area contributed by atoms with E-state index < -0.39 is 5.91 Å². The number of hydrogen-bond acceptors (Lipinski definition) is 5. The molecule has 0 bridgehead atoms. The fourth-order valence-corrected chi connectivity index (χ4v) is 3.67. The van der Waals surface area contributed by atoms with Crippen molar-refractivity contribution in [2.45, 2.75) is 13.5 Å². The molecule has 4 aromatic rings. The number of amides is 1. The van der Waals surface area contributed by atoms with Crippen LogP contribution in [0.25, 0.3) is 10.8 Å². The standard InChI is InChI=1S/C22H18Cl2N6O2/c1-13-18(20(24)30(27-13)12-14-7-9-15(23)10-8-14)11-25-26-21(31)19-16-5-3-4-6-17(16)22(32)29(2)28-19/h3-11H,12H2,1-2H3,(H,26,31)/b25-11+. The summed E-state index contributed by atoms with van der Waals surface area (Å²) in [6, 6.07) is 14.2. The molecule has 10 heteroatoms. The Morgan fingerprint density at radius 1 is 1.09 bits per heavy atom. The van der Waals surface area contributed by atoms with Crippen molar-refractivity contribution in [3.8, 4) is 0 Å². The minimum Gasteiger partial charge on any atom is -0.267 e. The normalized spacial score (nSPS) is 11.4. The number of nitrogens with zero attached hydrogens (tertiary/aromatic N) is 5. The average molecular weight is 469 g/mol. The topological polar surface area (TPSA) is 94.2 Å². The van der Waals surface area contributed by atoms with Gasteiger partial charge in [-0.05, 0) is 30.7 Å². The predicted octanol–water partition coefficient (Wildman–Crippen LogP) is 3.56. The fourth-order valence-electron chi connectivity index (χ4n) is 3.26. The molecule has 1 N–H and O–H groups in total. The van der Waals surface area contributed by atoms with Crippen LogP contribution in [0.15, 0.2) is 58.4 Å². The maximum atomic E-state index is 12.7. The predicted molar refractivity (Wildman–Crippen MR) is 125 cm³/mol. The summed E-state index contributed by atoms with van der Waals surface area (Å²) in [5.74, 6) is -0.546. The number of fused-ring (bicyclic) bond motifs is 1. The van der Waals surface area contributed by atoms with E-state index in [4.69, 9.17) is 23.2 Å². The van der Waals surface area contributed by atoms with Crippen LogP contribution in [0, 0.1) is 6.92 Å². The summed E-state index contributed by atoms with van der Waals surface area (Å²) in [4.78, 5) is 24.9. The number of nitrogens with one attached hydrogen (secondary N) is 1. The van der Waals surface area contributed by atoms with Crippen molar-refractivity contribution in [1.29, 1.82) is 0 Å². The minimum absolute atomic E-state index is 0.0982. The zero-order valence-corrected chi connectivity index (χ0v) is 18.7. The third-order valence-electron chi connectivity index (χ3n) is 4.89. The highest BCUT2D eigenvalue weighted by molar-refractivity contribution is 6.32. The highest BCUT2D eigenvalue weighted by Crippen LogP contribution is 2.20. The summed E-state index contributed by atoms with van der Waals surface area (Å²) in [7, 11) is 1.49. The van der Waals surface area contributed by atoms with Crippen LogP contribution < -0.4 is 11.0 Å². The average Bonchev–Trinajstić information content (AvgIpc) is 3.05. The van der Waals surface area contributed by atoms with Gasteiger partial charge in [-0.1, -0.05) is 53.5 Å². The zero-order chi connectivity index (χ0) is 22.8.